The number of alkyl halides is 2. The van der Waals surface area contributed by atoms with Crippen LogP contribution in [-0.4, -0.2) is 10.6 Å². The minimum absolute atomic E-state index is 0.309. The van der Waals surface area contributed by atoms with E-state index in [2.05, 4.69) is 0 Å². The van der Waals surface area contributed by atoms with Gasteiger partial charge in [-0.3, -0.25) is 4.79 Å². The number of hydrogen-bond donors (Lipinski definition) is 0. The zero-order valence-electron chi connectivity index (χ0n) is 8.19. The molecule has 1 heterocycles. The van der Waals surface area contributed by atoms with Crippen LogP contribution in [0, 0.1) is 0 Å². The number of Topliss-reactive ketones (excluding diaryl/α,β-unsaturated/α-hetero) is 1. The molecule has 0 fully saturated rings. The van der Waals surface area contributed by atoms with Crippen molar-refractivity contribution in [3.63, 3.8) is 0 Å². The maximum absolute atomic E-state index is 11.6. The van der Waals surface area contributed by atoms with Crippen LogP contribution in [0.2, 0.25) is 0 Å². The molecule has 0 bridgehead atoms. The van der Waals surface area contributed by atoms with Crippen molar-refractivity contribution in [1.29, 1.82) is 0 Å². The first kappa shape index (κ1) is 11.2. The minimum atomic E-state index is -1.04. The second kappa shape index (κ2) is 4.73. The molecule has 0 unspecified atom stereocenters. The Labute approximate surface area is 103 Å². The molecule has 0 spiro atoms. The number of halogens is 2. The van der Waals surface area contributed by atoms with Crippen molar-refractivity contribution in [3.8, 4) is 11.3 Å². The summed E-state index contributed by atoms with van der Waals surface area (Å²) in [7, 11) is 0. The third-order valence-corrected chi connectivity index (χ3v) is 2.55. The monoisotopic (exact) mass is 254 g/mol. The summed E-state index contributed by atoms with van der Waals surface area (Å²) in [5.41, 5.74) is 1.30. The van der Waals surface area contributed by atoms with E-state index >= 15 is 0 Å². The molecule has 0 saturated carbocycles. The smallest absolute Gasteiger partial charge is 0.195 e. The van der Waals surface area contributed by atoms with Gasteiger partial charge in [0.1, 0.15) is 5.76 Å². The number of carbonyl (C=O) groups excluding carboxylic acids is 1. The average Bonchev–Trinajstić information content (AvgIpc) is 2.81. The van der Waals surface area contributed by atoms with E-state index in [0.29, 0.717) is 11.3 Å². The third kappa shape index (κ3) is 2.29. The molecule has 4 heteroatoms. The molecular formula is C12H8Cl2O2. The fraction of sp³-hybridized carbons (Fsp3) is 0.0833. The number of carbonyl (C=O) groups is 1. The Bertz CT molecular complexity index is 489. The van der Waals surface area contributed by atoms with Crippen LogP contribution in [0.1, 0.15) is 10.4 Å². The van der Waals surface area contributed by atoms with E-state index in [1.165, 1.54) is 0 Å². The Morgan fingerprint density at radius 1 is 1.19 bits per heavy atom. The van der Waals surface area contributed by atoms with E-state index in [1.807, 2.05) is 12.1 Å². The molecule has 1 aromatic carbocycles. The predicted octanol–water partition coefficient (Wildman–Crippen LogP) is 3.93. The summed E-state index contributed by atoms with van der Waals surface area (Å²) in [6.45, 7) is 0. The van der Waals surface area contributed by atoms with E-state index in [0.717, 1.165) is 5.56 Å². The Balaban J connectivity index is 2.37. The highest BCUT2D eigenvalue weighted by Crippen LogP contribution is 2.22. The minimum Gasteiger partial charge on any atom is -0.464 e. The van der Waals surface area contributed by atoms with Gasteiger partial charge in [-0.2, -0.15) is 0 Å². The summed E-state index contributed by atoms with van der Waals surface area (Å²) in [5, 5.41) is 0. The van der Waals surface area contributed by atoms with Crippen molar-refractivity contribution in [1.82, 2.24) is 0 Å². The van der Waals surface area contributed by atoms with Crippen molar-refractivity contribution >= 4 is 29.0 Å². The fourth-order valence-corrected chi connectivity index (χ4v) is 1.65. The van der Waals surface area contributed by atoms with Gasteiger partial charge in [0.25, 0.3) is 0 Å². The zero-order chi connectivity index (χ0) is 11.5. The third-order valence-electron chi connectivity index (χ3n) is 2.15. The summed E-state index contributed by atoms with van der Waals surface area (Å²) in [6.07, 6.45) is 1.58. The van der Waals surface area contributed by atoms with Crippen LogP contribution in [0.4, 0.5) is 0 Å². The summed E-state index contributed by atoms with van der Waals surface area (Å²) < 4.78 is 5.24. The number of rotatable bonds is 3. The first-order valence-corrected chi connectivity index (χ1v) is 5.52. The molecule has 0 N–H and O–H groups in total. The topological polar surface area (TPSA) is 30.2 Å². The van der Waals surface area contributed by atoms with Crippen LogP contribution in [0.3, 0.4) is 0 Å². The Morgan fingerprint density at radius 2 is 2.00 bits per heavy atom. The van der Waals surface area contributed by atoms with Crippen LogP contribution in [-0.2, 0) is 0 Å². The van der Waals surface area contributed by atoms with Crippen molar-refractivity contribution in [2.24, 2.45) is 0 Å². The van der Waals surface area contributed by atoms with Crippen LogP contribution < -0.4 is 0 Å². The Morgan fingerprint density at radius 3 is 2.62 bits per heavy atom. The van der Waals surface area contributed by atoms with E-state index in [1.54, 1.807) is 30.5 Å². The highest BCUT2D eigenvalue weighted by atomic mass is 35.5. The molecule has 16 heavy (non-hydrogen) atoms. The lowest BCUT2D eigenvalue weighted by Crippen LogP contribution is -2.07. The highest BCUT2D eigenvalue weighted by Gasteiger charge is 2.14. The highest BCUT2D eigenvalue weighted by molar-refractivity contribution is 6.55. The summed E-state index contributed by atoms with van der Waals surface area (Å²) in [5.74, 6) is 0.395. The van der Waals surface area contributed by atoms with Gasteiger partial charge in [-0.05, 0) is 18.2 Å². The van der Waals surface area contributed by atoms with Gasteiger partial charge in [0.15, 0.2) is 10.6 Å². The number of ketones is 1. The van der Waals surface area contributed by atoms with Crippen LogP contribution in [0.5, 0.6) is 0 Å². The van der Waals surface area contributed by atoms with E-state index in [-0.39, 0.29) is 5.78 Å². The molecule has 82 valence electrons. The Hall–Kier alpha value is -1.25. The van der Waals surface area contributed by atoms with E-state index in [4.69, 9.17) is 27.6 Å². The van der Waals surface area contributed by atoms with Gasteiger partial charge < -0.3 is 4.42 Å². The SMILES string of the molecule is O=C(c1cccc(-c2ccco2)c1)C(Cl)Cl. The molecular weight excluding hydrogens is 247 g/mol. The molecule has 2 nitrogen and oxygen atoms in total. The molecule has 0 amide bonds. The van der Waals surface area contributed by atoms with Crippen LogP contribution in [0.15, 0.2) is 47.1 Å². The van der Waals surface area contributed by atoms with Crippen molar-refractivity contribution in [2.75, 3.05) is 0 Å². The molecule has 0 aliphatic carbocycles. The van der Waals surface area contributed by atoms with Gasteiger partial charge in [0, 0.05) is 11.1 Å². The normalized spacial score (nSPS) is 10.7. The number of furan rings is 1. The van der Waals surface area contributed by atoms with Crippen LogP contribution in [0.25, 0.3) is 11.3 Å². The molecule has 0 saturated heterocycles. The van der Waals surface area contributed by atoms with Gasteiger partial charge in [-0.1, -0.05) is 41.4 Å². The average molecular weight is 255 g/mol. The maximum Gasteiger partial charge on any atom is 0.195 e. The predicted molar refractivity (Wildman–Crippen MR) is 64.0 cm³/mol. The van der Waals surface area contributed by atoms with E-state index in [9.17, 15) is 4.79 Å². The van der Waals surface area contributed by atoms with E-state index < -0.39 is 4.84 Å². The molecule has 2 aromatic rings. The van der Waals surface area contributed by atoms with Crippen molar-refractivity contribution in [3.05, 3.63) is 48.2 Å². The zero-order valence-corrected chi connectivity index (χ0v) is 9.70. The Kier molecular flexibility index (Phi) is 3.32. The number of hydrogen-bond acceptors (Lipinski definition) is 2. The largest absolute Gasteiger partial charge is 0.464 e. The van der Waals surface area contributed by atoms with Crippen molar-refractivity contribution < 1.29 is 9.21 Å². The van der Waals surface area contributed by atoms with Crippen LogP contribution >= 0.6 is 23.2 Å². The molecule has 1 aromatic heterocycles. The lowest BCUT2D eigenvalue weighted by molar-refractivity contribution is 0.101. The molecule has 0 aliphatic heterocycles. The van der Waals surface area contributed by atoms with Crippen molar-refractivity contribution in [2.45, 2.75) is 4.84 Å². The standard InChI is InChI=1S/C12H8Cl2O2/c13-12(14)11(15)9-4-1-3-8(7-9)10-5-2-6-16-10/h1-7,12H. The molecule has 0 aliphatic rings. The lowest BCUT2D eigenvalue weighted by atomic mass is 10.1. The number of benzene rings is 1. The summed E-state index contributed by atoms with van der Waals surface area (Å²) in [6, 6.07) is 10.6. The second-order valence-corrected chi connectivity index (χ2v) is 4.32. The fourth-order valence-electron chi connectivity index (χ4n) is 1.39. The first-order valence-electron chi connectivity index (χ1n) is 4.65. The van der Waals surface area contributed by atoms with Gasteiger partial charge >= 0.3 is 0 Å². The maximum atomic E-state index is 11.6. The van der Waals surface area contributed by atoms with Gasteiger partial charge in [-0.15, -0.1) is 0 Å². The quantitative estimate of drug-likeness (QED) is 0.614. The second-order valence-electron chi connectivity index (χ2n) is 3.22. The molecule has 0 radical (unpaired) electrons. The summed E-state index contributed by atoms with van der Waals surface area (Å²) >= 11 is 11.1. The summed E-state index contributed by atoms with van der Waals surface area (Å²) in [4.78, 5) is 10.5. The first-order chi connectivity index (χ1) is 7.68. The van der Waals surface area contributed by atoms with Gasteiger partial charge in [0.05, 0.1) is 6.26 Å². The lowest BCUT2D eigenvalue weighted by Gasteiger charge is -2.03. The molecule has 0 atom stereocenters. The van der Waals surface area contributed by atoms with Gasteiger partial charge in [-0.25, -0.2) is 0 Å². The molecule has 2 rings (SSSR count). The van der Waals surface area contributed by atoms with Gasteiger partial charge in [0.2, 0.25) is 0 Å².